The molecule has 0 radical (unpaired) electrons. The van der Waals surface area contributed by atoms with Gasteiger partial charge in [0.2, 0.25) is 0 Å². The number of halogens is 4. The zero-order chi connectivity index (χ0) is 29.1. The van der Waals surface area contributed by atoms with E-state index < -0.39 is 41.7 Å². The first-order valence-corrected chi connectivity index (χ1v) is 13.6. The summed E-state index contributed by atoms with van der Waals surface area (Å²) in [5.41, 5.74) is -1.10. The number of hydrogen-bond donors (Lipinski definition) is 2. The maximum atomic E-state index is 15.0. The molecule has 7 nitrogen and oxygen atoms in total. The molecule has 0 atom stereocenters. The van der Waals surface area contributed by atoms with E-state index in [1.807, 2.05) is 0 Å². The monoisotopic (exact) mass is 578 g/mol. The average molecular weight is 579 g/mol. The number of benzene rings is 2. The summed E-state index contributed by atoms with van der Waals surface area (Å²) in [6, 6.07) is 9.56. The van der Waals surface area contributed by atoms with Crippen LogP contribution in [0.15, 0.2) is 42.5 Å². The zero-order valence-corrected chi connectivity index (χ0v) is 23.1. The topological polar surface area (TPSA) is 83.6 Å². The van der Waals surface area contributed by atoms with Crippen molar-refractivity contribution in [3.8, 4) is 10.6 Å². The molecule has 1 saturated heterocycles. The minimum Gasteiger partial charge on any atom is -0.444 e. The number of amides is 2. The number of carbonyl (C=O) groups is 2. The molecule has 4 rings (SSSR count). The highest BCUT2D eigenvalue weighted by Crippen LogP contribution is 2.35. The van der Waals surface area contributed by atoms with Crippen LogP contribution in [0.3, 0.4) is 0 Å². The highest BCUT2D eigenvalue weighted by Gasteiger charge is 2.33. The maximum absolute atomic E-state index is 15.0. The van der Waals surface area contributed by atoms with E-state index in [9.17, 15) is 27.2 Å². The van der Waals surface area contributed by atoms with Crippen LogP contribution in [-0.2, 0) is 24.0 Å². The Morgan fingerprint density at radius 3 is 2.45 bits per heavy atom. The molecule has 0 unspecified atom stereocenters. The van der Waals surface area contributed by atoms with Gasteiger partial charge in [0.1, 0.15) is 21.4 Å². The predicted molar refractivity (Wildman–Crippen MR) is 144 cm³/mol. The summed E-state index contributed by atoms with van der Waals surface area (Å²) in [6.45, 7) is 7.10. The number of alkyl halides is 3. The lowest BCUT2D eigenvalue weighted by Gasteiger charge is -2.19. The fourth-order valence-electron chi connectivity index (χ4n) is 4.31. The smallest absolute Gasteiger partial charge is 0.416 e. The third-order valence-corrected chi connectivity index (χ3v) is 7.09. The lowest BCUT2D eigenvalue weighted by Crippen LogP contribution is -2.29. The van der Waals surface area contributed by atoms with Gasteiger partial charge in [-0.1, -0.05) is 35.6 Å². The van der Waals surface area contributed by atoms with Crippen LogP contribution >= 0.6 is 11.3 Å². The molecule has 0 aliphatic carbocycles. The number of likely N-dealkylation sites (tertiary alicyclic amines) is 1. The van der Waals surface area contributed by atoms with Crippen LogP contribution in [-0.4, -0.2) is 40.6 Å². The molecule has 2 heterocycles. The van der Waals surface area contributed by atoms with Gasteiger partial charge in [0.25, 0.3) is 5.91 Å². The van der Waals surface area contributed by atoms with E-state index in [2.05, 4.69) is 20.5 Å². The number of hydrogen-bond acceptors (Lipinski definition) is 6. The van der Waals surface area contributed by atoms with E-state index in [4.69, 9.17) is 4.74 Å². The van der Waals surface area contributed by atoms with Crippen LogP contribution in [0.1, 0.15) is 60.8 Å². The van der Waals surface area contributed by atoms with E-state index >= 15 is 0 Å². The molecule has 2 N–H and O–H groups in total. The molecule has 2 aromatic carbocycles. The Balaban J connectivity index is 1.63. The van der Waals surface area contributed by atoms with Gasteiger partial charge in [0.15, 0.2) is 5.69 Å². The molecule has 40 heavy (non-hydrogen) atoms. The highest BCUT2D eigenvalue weighted by atomic mass is 32.1. The minimum atomic E-state index is -4.60. The third kappa shape index (κ3) is 7.57. The molecule has 214 valence electrons. The van der Waals surface area contributed by atoms with Gasteiger partial charge in [-0.05, 0) is 76.0 Å². The van der Waals surface area contributed by atoms with Crippen LogP contribution in [0.2, 0.25) is 0 Å². The second kappa shape index (κ2) is 11.9. The number of nitrogens with one attached hydrogen (secondary N) is 2. The number of anilines is 1. The molecule has 0 bridgehead atoms. The lowest BCUT2D eigenvalue weighted by molar-refractivity contribution is -0.138. The first-order valence-electron chi connectivity index (χ1n) is 12.8. The van der Waals surface area contributed by atoms with E-state index in [1.54, 1.807) is 32.9 Å². The molecule has 1 fully saturated rings. The Hall–Kier alpha value is -3.51. The SMILES string of the molecule is CC(C)(C)OC(=O)Nc1sc(-c2cc(CN3CCCC3)ccc2F)nc1C(=O)NCc1ccccc1C(F)(F)F. The van der Waals surface area contributed by atoms with E-state index in [-0.39, 0.29) is 26.8 Å². The maximum Gasteiger partial charge on any atom is 0.416 e. The molecular weight excluding hydrogens is 548 g/mol. The average Bonchev–Trinajstić information content (AvgIpc) is 3.52. The van der Waals surface area contributed by atoms with Crippen LogP contribution in [0.25, 0.3) is 10.6 Å². The summed E-state index contributed by atoms with van der Waals surface area (Å²) >= 11 is 0.872. The van der Waals surface area contributed by atoms with E-state index in [0.717, 1.165) is 48.9 Å². The standard InChI is InChI=1S/C28H30F4N4O3S/c1-27(2,3)39-26(38)35-25-22(23(37)33-15-18-8-4-5-9-20(18)28(30,31)32)34-24(40-25)19-14-17(10-11-21(19)29)16-36-12-6-7-13-36/h4-5,8-11,14H,6-7,12-13,15-16H2,1-3H3,(H,33,37)(H,35,38). The minimum absolute atomic E-state index is 0.0183. The summed E-state index contributed by atoms with van der Waals surface area (Å²) in [5.74, 6) is -1.40. The van der Waals surface area contributed by atoms with Gasteiger partial charge in [0, 0.05) is 18.7 Å². The van der Waals surface area contributed by atoms with Crippen molar-refractivity contribution in [3.63, 3.8) is 0 Å². The molecule has 1 aliphatic rings. The normalized spacial score (nSPS) is 14.3. The van der Waals surface area contributed by atoms with Crippen molar-refractivity contribution < 1.29 is 31.9 Å². The molecule has 12 heteroatoms. The van der Waals surface area contributed by atoms with Gasteiger partial charge in [-0.3, -0.25) is 15.0 Å². The quantitative estimate of drug-likeness (QED) is 0.300. The third-order valence-electron chi connectivity index (χ3n) is 6.08. The van der Waals surface area contributed by atoms with E-state index in [1.165, 1.54) is 24.3 Å². The largest absolute Gasteiger partial charge is 0.444 e. The molecular formula is C28H30F4N4O3S. The van der Waals surface area contributed by atoms with Gasteiger partial charge in [-0.15, -0.1) is 0 Å². The lowest BCUT2D eigenvalue weighted by atomic mass is 10.1. The van der Waals surface area contributed by atoms with Crippen LogP contribution < -0.4 is 10.6 Å². The first kappa shape index (κ1) is 29.5. The number of nitrogens with zero attached hydrogens (tertiary/aromatic N) is 2. The Labute approximate surface area is 233 Å². The molecule has 0 saturated carbocycles. The van der Waals surface area contributed by atoms with Gasteiger partial charge >= 0.3 is 12.3 Å². The van der Waals surface area contributed by atoms with Crippen LogP contribution in [0, 0.1) is 5.82 Å². The van der Waals surface area contributed by atoms with Crippen molar-refractivity contribution in [2.24, 2.45) is 0 Å². The number of carbonyl (C=O) groups excluding carboxylic acids is 2. The number of thiazole rings is 1. The number of aromatic nitrogens is 1. The number of rotatable bonds is 7. The van der Waals surface area contributed by atoms with Gasteiger partial charge < -0.3 is 10.1 Å². The van der Waals surface area contributed by atoms with Crippen molar-refractivity contribution >= 4 is 28.3 Å². The summed E-state index contributed by atoms with van der Waals surface area (Å²) in [7, 11) is 0. The first-order chi connectivity index (χ1) is 18.8. The molecule has 2 amide bonds. The zero-order valence-electron chi connectivity index (χ0n) is 22.3. The van der Waals surface area contributed by atoms with Gasteiger partial charge in [0.05, 0.1) is 5.56 Å². The Morgan fingerprint density at radius 2 is 1.77 bits per heavy atom. The van der Waals surface area contributed by atoms with Crippen molar-refractivity contribution in [1.29, 1.82) is 0 Å². The predicted octanol–water partition coefficient (Wildman–Crippen LogP) is 6.84. The van der Waals surface area contributed by atoms with E-state index in [0.29, 0.717) is 6.54 Å². The molecule has 1 aromatic heterocycles. The summed E-state index contributed by atoms with van der Waals surface area (Å²) < 4.78 is 60.5. The fourth-order valence-corrected chi connectivity index (χ4v) is 5.28. The molecule has 0 spiro atoms. The van der Waals surface area contributed by atoms with Gasteiger partial charge in [-0.2, -0.15) is 13.2 Å². The van der Waals surface area contributed by atoms with Crippen molar-refractivity contribution in [2.45, 2.75) is 58.5 Å². The second-order valence-electron chi connectivity index (χ2n) is 10.5. The van der Waals surface area contributed by atoms with Crippen molar-refractivity contribution in [2.75, 3.05) is 18.4 Å². The highest BCUT2D eigenvalue weighted by molar-refractivity contribution is 7.19. The summed E-state index contributed by atoms with van der Waals surface area (Å²) in [4.78, 5) is 32.2. The van der Waals surface area contributed by atoms with Crippen LogP contribution in [0.4, 0.5) is 27.4 Å². The Bertz CT molecular complexity index is 1380. The Morgan fingerprint density at radius 1 is 1.07 bits per heavy atom. The number of ether oxygens (including phenoxy) is 1. The van der Waals surface area contributed by atoms with Crippen molar-refractivity contribution in [1.82, 2.24) is 15.2 Å². The fraction of sp³-hybridized carbons (Fsp3) is 0.393. The van der Waals surface area contributed by atoms with Gasteiger partial charge in [-0.25, -0.2) is 14.2 Å². The Kier molecular flexibility index (Phi) is 8.79. The van der Waals surface area contributed by atoms with Crippen molar-refractivity contribution in [3.05, 3.63) is 70.7 Å². The van der Waals surface area contributed by atoms with Crippen LogP contribution in [0.5, 0.6) is 0 Å². The second-order valence-corrected chi connectivity index (χ2v) is 11.5. The molecule has 3 aromatic rings. The molecule has 1 aliphatic heterocycles. The summed E-state index contributed by atoms with van der Waals surface area (Å²) in [5, 5.41) is 5.04. The summed E-state index contributed by atoms with van der Waals surface area (Å²) in [6.07, 6.45) is -3.25.